The molecule has 5 N–H and O–H groups in total. The highest BCUT2D eigenvalue weighted by Gasteiger charge is 2.44. The van der Waals surface area contributed by atoms with Gasteiger partial charge in [-0.3, -0.25) is 0 Å². The van der Waals surface area contributed by atoms with Gasteiger partial charge in [0.05, 0.1) is 6.61 Å². The Kier molecular flexibility index (Phi) is 5.68. The Labute approximate surface area is 154 Å². The topological polar surface area (TPSA) is 150 Å². The number of carboxylic acids is 1. The highest BCUT2D eigenvalue weighted by molar-refractivity contribution is 5.87. The first kappa shape index (κ1) is 19.2. The van der Waals surface area contributed by atoms with Gasteiger partial charge >= 0.3 is 5.97 Å². The number of pyridine rings is 1. The van der Waals surface area contributed by atoms with Crippen LogP contribution in [-0.4, -0.2) is 73.8 Å². The van der Waals surface area contributed by atoms with Crippen molar-refractivity contribution in [1.82, 2.24) is 4.98 Å². The van der Waals surface area contributed by atoms with Crippen LogP contribution in [0.15, 0.2) is 42.6 Å². The molecule has 3 rings (SSSR count). The van der Waals surface area contributed by atoms with Crippen molar-refractivity contribution in [2.45, 2.75) is 30.7 Å². The molecule has 0 spiro atoms. The Morgan fingerprint density at radius 2 is 1.74 bits per heavy atom. The van der Waals surface area contributed by atoms with Gasteiger partial charge in [-0.25, -0.2) is 9.78 Å². The van der Waals surface area contributed by atoms with Gasteiger partial charge in [0.15, 0.2) is 0 Å². The summed E-state index contributed by atoms with van der Waals surface area (Å²) < 4.78 is 10.8. The van der Waals surface area contributed by atoms with Crippen LogP contribution in [0.4, 0.5) is 0 Å². The van der Waals surface area contributed by atoms with E-state index in [1.165, 1.54) is 12.3 Å². The van der Waals surface area contributed by atoms with E-state index < -0.39 is 43.3 Å². The highest BCUT2D eigenvalue weighted by atomic mass is 16.7. The van der Waals surface area contributed by atoms with Gasteiger partial charge in [0.1, 0.15) is 35.9 Å². The zero-order valence-corrected chi connectivity index (χ0v) is 14.0. The summed E-state index contributed by atoms with van der Waals surface area (Å²) in [7, 11) is 0. The van der Waals surface area contributed by atoms with Crippen molar-refractivity contribution in [3.63, 3.8) is 0 Å². The average molecular weight is 377 g/mol. The summed E-state index contributed by atoms with van der Waals surface area (Å²) in [5.41, 5.74) is 1.30. The number of aliphatic hydroxyl groups excluding tert-OH is 4. The summed E-state index contributed by atoms with van der Waals surface area (Å²) in [5, 5.41) is 47.8. The Bertz CT molecular complexity index is 794. The minimum absolute atomic E-state index is 0.0749. The molecule has 9 heteroatoms. The van der Waals surface area contributed by atoms with Crippen molar-refractivity contribution in [2.24, 2.45) is 0 Å². The molecule has 1 fully saturated rings. The Hall–Kier alpha value is -2.56. The summed E-state index contributed by atoms with van der Waals surface area (Å²) >= 11 is 0. The number of benzene rings is 1. The molecule has 2 heterocycles. The van der Waals surface area contributed by atoms with Crippen molar-refractivity contribution >= 4 is 5.97 Å². The number of nitrogens with zero attached hydrogens (tertiary/aromatic N) is 1. The van der Waals surface area contributed by atoms with Gasteiger partial charge in [-0.05, 0) is 35.4 Å². The van der Waals surface area contributed by atoms with Crippen molar-refractivity contribution in [1.29, 1.82) is 0 Å². The number of carbonyl (C=O) groups is 1. The summed E-state index contributed by atoms with van der Waals surface area (Å²) in [6.45, 7) is -0.544. The fourth-order valence-corrected chi connectivity index (χ4v) is 2.75. The van der Waals surface area contributed by atoms with Gasteiger partial charge in [0.2, 0.25) is 6.29 Å². The molecule has 5 atom stereocenters. The molecule has 0 bridgehead atoms. The van der Waals surface area contributed by atoms with Crippen LogP contribution >= 0.6 is 0 Å². The van der Waals surface area contributed by atoms with Gasteiger partial charge in [0.25, 0.3) is 0 Å². The van der Waals surface area contributed by atoms with Crippen molar-refractivity contribution < 1.29 is 39.8 Å². The third-order valence-electron chi connectivity index (χ3n) is 4.27. The van der Waals surface area contributed by atoms with E-state index in [9.17, 15) is 25.2 Å². The van der Waals surface area contributed by atoms with Crippen molar-refractivity contribution in [3.05, 3.63) is 48.3 Å². The first-order chi connectivity index (χ1) is 12.9. The van der Waals surface area contributed by atoms with E-state index in [2.05, 4.69) is 4.98 Å². The number of hydrogen-bond donors (Lipinski definition) is 5. The first-order valence-electron chi connectivity index (χ1n) is 8.17. The number of carboxylic acid groups (broad SMARTS) is 1. The molecule has 1 aliphatic rings. The molecule has 0 saturated carbocycles. The third-order valence-corrected chi connectivity index (χ3v) is 4.27. The highest BCUT2D eigenvalue weighted by Crippen LogP contribution is 2.27. The number of rotatable bonds is 5. The minimum Gasteiger partial charge on any atom is -0.477 e. The summed E-state index contributed by atoms with van der Waals surface area (Å²) in [4.78, 5) is 14.8. The Balaban J connectivity index is 1.74. The lowest BCUT2D eigenvalue weighted by molar-refractivity contribution is -0.277. The average Bonchev–Trinajstić information content (AvgIpc) is 2.69. The summed E-state index contributed by atoms with van der Waals surface area (Å²) in [6.07, 6.45) is -5.41. The molecule has 9 nitrogen and oxygen atoms in total. The molecule has 144 valence electrons. The van der Waals surface area contributed by atoms with E-state index in [0.717, 1.165) is 5.56 Å². The molecule has 1 saturated heterocycles. The van der Waals surface area contributed by atoms with Crippen LogP contribution in [0.25, 0.3) is 11.1 Å². The van der Waals surface area contributed by atoms with E-state index in [-0.39, 0.29) is 5.69 Å². The molecule has 0 radical (unpaired) electrons. The van der Waals surface area contributed by atoms with E-state index in [0.29, 0.717) is 11.3 Å². The summed E-state index contributed by atoms with van der Waals surface area (Å²) in [5.74, 6) is -0.810. The Morgan fingerprint density at radius 1 is 1.04 bits per heavy atom. The lowest BCUT2D eigenvalue weighted by atomic mass is 9.99. The first-order valence-corrected chi connectivity index (χ1v) is 8.17. The minimum atomic E-state index is -1.52. The molecule has 0 amide bonds. The van der Waals surface area contributed by atoms with E-state index in [1.807, 2.05) is 0 Å². The smallest absolute Gasteiger partial charge is 0.354 e. The lowest BCUT2D eigenvalue weighted by Crippen LogP contribution is -2.60. The molecule has 2 aromatic rings. The van der Waals surface area contributed by atoms with E-state index in [1.54, 1.807) is 30.3 Å². The van der Waals surface area contributed by atoms with Crippen LogP contribution < -0.4 is 4.74 Å². The van der Waals surface area contributed by atoms with Crippen LogP contribution in [0, 0.1) is 0 Å². The normalized spacial score (nSPS) is 27.9. The quantitative estimate of drug-likeness (QED) is 0.470. The fourth-order valence-electron chi connectivity index (χ4n) is 2.75. The standard InChI is InChI=1S/C18H19NO8/c20-8-13-14(21)15(22)16(23)18(27-13)26-11-3-1-9(2-4-11)10-5-6-19-12(7-10)17(24)25/h1-7,13-16,18,20-23H,8H2,(H,24,25). The van der Waals surface area contributed by atoms with Gasteiger partial charge in [-0.15, -0.1) is 0 Å². The molecule has 1 aromatic carbocycles. The second-order valence-electron chi connectivity index (χ2n) is 6.07. The molecule has 1 aliphatic heterocycles. The van der Waals surface area contributed by atoms with Gasteiger partial charge in [-0.2, -0.15) is 0 Å². The fraction of sp³-hybridized carbons (Fsp3) is 0.333. The Morgan fingerprint density at radius 3 is 2.37 bits per heavy atom. The monoisotopic (exact) mass is 377 g/mol. The van der Waals surface area contributed by atoms with Gasteiger partial charge < -0.3 is 35.0 Å². The number of ether oxygens (including phenoxy) is 2. The predicted octanol–water partition coefficient (Wildman–Crippen LogP) is -0.375. The van der Waals surface area contributed by atoms with Crippen LogP contribution in [0.3, 0.4) is 0 Å². The zero-order chi connectivity index (χ0) is 19.6. The zero-order valence-electron chi connectivity index (χ0n) is 14.0. The number of aromatic carboxylic acids is 1. The molecule has 27 heavy (non-hydrogen) atoms. The van der Waals surface area contributed by atoms with Gasteiger partial charge in [0, 0.05) is 6.20 Å². The predicted molar refractivity (Wildman–Crippen MR) is 91.0 cm³/mol. The van der Waals surface area contributed by atoms with Crippen LogP contribution in [0.1, 0.15) is 10.5 Å². The molecular weight excluding hydrogens is 358 g/mol. The van der Waals surface area contributed by atoms with Crippen LogP contribution in [0.2, 0.25) is 0 Å². The van der Waals surface area contributed by atoms with Crippen LogP contribution in [-0.2, 0) is 4.74 Å². The third kappa shape index (κ3) is 4.07. The largest absolute Gasteiger partial charge is 0.477 e. The number of aromatic nitrogens is 1. The van der Waals surface area contributed by atoms with E-state index in [4.69, 9.17) is 14.6 Å². The van der Waals surface area contributed by atoms with Crippen molar-refractivity contribution in [2.75, 3.05) is 6.61 Å². The molecular formula is C18H19NO8. The van der Waals surface area contributed by atoms with E-state index >= 15 is 0 Å². The maximum Gasteiger partial charge on any atom is 0.354 e. The maximum atomic E-state index is 11.0. The van der Waals surface area contributed by atoms with Gasteiger partial charge in [-0.1, -0.05) is 12.1 Å². The molecule has 1 aromatic heterocycles. The maximum absolute atomic E-state index is 11.0. The lowest BCUT2D eigenvalue weighted by Gasteiger charge is -2.39. The molecule has 0 aliphatic carbocycles. The SMILES string of the molecule is O=C(O)c1cc(-c2ccc(OC3OC(CO)C(O)C(O)C3O)cc2)ccn1. The summed E-state index contributed by atoms with van der Waals surface area (Å²) in [6, 6.07) is 9.63. The second-order valence-corrected chi connectivity index (χ2v) is 6.07. The number of aliphatic hydroxyl groups is 4. The van der Waals surface area contributed by atoms with Crippen molar-refractivity contribution in [3.8, 4) is 16.9 Å². The van der Waals surface area contributed by atoms with Crippen LogP contribution in [0.5, 0.6) is 5.75 Å². The number of hydrogen-bond acceptors (Lipinski definition) is 8. The molecule has 5 unspecified atom stereocenters. The second kappa shape index (κ2) is 7.99.